The summed E-state index contributed by atoms with van der Waals surface area (Å²) in [4.78, 5) is 18.5. The van der Waals surface area contributed by atoms with Crippen molar-refractivity contribution in [1.82, 2.24) is 20.1 Å². The largest absolute Gasteiger partial charge is 0.479 e. The molecule has 0 bridgehead atoms. The van der Waals surface area contributed by atoms with Crippen molar-refractivity contribution in [3.8, 4) is 18.1 Å². The van der Waals surface area contributed by atoms with Crippen LogP contribution in [0, 0.1) is 12.3 Å². The second-order valence-electron chi connectivity index (χ2n) is 5.07. The first-order valence-corrected chi connectivity index (χ1v) is 7.45. The molecule has 1 aliphatic rings. The highest BCUT2D eigenvalue weighted by Crippen LogP contribution is 2.26. The average Bonchev–Trinajstić information content (AvgIpc) is 3.15. The van der Waals surface area contributed by atoms with Crippen LogP contribution in [0.3, 0.4) is 0 Å². The summed E-state index contributed by atoms with van der Waals surface area (Å²) in [5.41, 5.74) is 0.556. The van der Waals surface area contributed by atoms with Crippen LogP contribution in [0.4, 0.5) is 10.5 Å². The Morgan fingerprint density at radius 2 is 2.42 bits per heavy atom. The van der Waals surface area contributed by atoms with E-state index in [1.165, 1.54) is 6.33 Å². The van der Waals surface area contributed by atoms with Crippen LogP contribution < -0.4 is 10.1 Å². The molecule has 1 aromatic heterocycles. The van der Waals surface area contributed by atoms with Crippen LogP contribution in [-0.2, 0) is 4.74 Å². The third kappa shape index (κ3) is 3.47. The number of carbonyl (C=O) groups is 1. The van der Waals surface area contributed by atoms with Crippen molar-refractivity contribution in [3.63, 3.8) is 0 Å². The minimum absolute atomic E-state index is 0.130. The summed E-state index contributed by atoms with van der Waals surface area (Å²) in [6.45, 7) is 1.40. The van der Waals surface area contributed by atoms with E-state index in [4.69, 9.17) is 15.9 Å². The fourth-order valence-corrected chi connectivity index (χ4v) is 2.45. The molecule has 0 unspecified atom stereocenters. The molecule has 2 aromatic rings. The molecule has 0 saturated carbocycles. The predicted octanol–water partition coefficient (Wildman–Crippen LogP) is 1.42. The monoisotopic (exact) mass is 327 g/mol. The van der Waals surface area contributed by atoms with E-state index in [0.29, 0.717) is 37.0 Å². The number of nitrogens with one attached hydrogen (secondary N) is 2. The number of H-pyrrole nitrogens is 1. The van der Waals surface area contributed by atoms with Crippen molar-refractivity contribution in [3.05, 3.63) is 36.4 Å². The topological polar surface area (TPSA) is 92.4 Å². The van der Waals surface area contributed by atoms with E-state index in [1.807, 2.05) is 12.1 Å². The normalized spacial score (nSPS) is 17.1. The maximum Gasteiger partial charge on any atom is 0.322 e. The lowest BCUT2D eigenvalue weighted by Crippen LogP contribution is -2.45. The number of hydrogen-bond donors (Lipinski definition) is 2. The summed E-state index contributed by atoms with van der Waals surface area (Å²) in [6, 6.07) is 6.55. The molecule has 2 N–H and O–H groups in total. The van der Waals surface area contributed by atoms with Crippen LogP contribution in [-0.4, -0.2) is 52.5 Å². The van der Waals surface area contributed by atoms with E-state index in [0.717, 1.165) is 0 Å². The molecule has 1 fully saturated rings. The number of amides is 2. The van der Waals surface area contributed by atoms with E-state index < -0.39 is 0 Å². The first-order valence-electron chi connectivity index (χ1n) is 7.45. The van der Waals surface area contributed by atoms with Crippen molar-refractivity contribution in [2.75, 3.05) is 31.7 Å². The van der Waals surface area contributed by atoms with Gasteiger partial charge in [0, 0.05) is 6.54 Å². The van der Waals surface area contributed by atoms with Gasteiger partial charge in [0.2, 0.25) is 0 Å². The number of para-hydroxylation sites is 2. The van der Waals surface area contributed by atoms with Gasteiger partial charge in [-0.15, -0.1) is 6.42 Å². The average molecular weight is 327 g/mol. The number of terminal acetylenes is 1. The molecule has 0 radical (unpaired) electrons. The Hall–Kier alpha value is -3.05. The first kappa shape index (κ1) is 15.8. The van der Waals surface area contributed by atoms with Crippen molar-refractivity contribution in [2.45, 2.75) is 6.04 Å². The molecule has 1 saturated heterocycles. The molecular weight excluding hydrogens is 310 g/mol. The number of urea groups is 1. The minimum atomic E-state index is -0.319. The Bertz CT molecular complexity index is 726. The molecule has 0 spiro atoms. The summed E-state index contributed by atoms with van der Waals surface area (Å²) in [7, 11) is 0. The Morgan fingerprint density at radius 3 is 3.21 bits per heavy atom. The summed E-state index contributed by atoms with van der Waals surface area (Å²) in [6.07, 6.45) is 6.62. The molecule has 3 rings (SSSR count). The predicted molar refractivity (Wildman–Crippen MR) is 86.4 cm³/mol. The van der Waals surface area contributed by atoms with E-state index in [1.54, 1.807) is 17.0 Å². The van der Waals surface area contributed by atoms with Crippen molar-refractivity contribution >= 4 is 11.7 Å². The number of benzene rings is 1. The highest BCUT2D eigenvalue weighted by molar-refractivity contribution is 5.91. The number of morpholine rings is 1. The van der Waals surface area contributed by atoms with Crippen LogP contribution in [0.1, 0.15) is 11.9 Å². The standard InChI is InChI=1S/C16H17N5O3/c1-2-8-24-14-6-4-3-5-12(14)19-16(22)21-7-9-23-10-13(21)15-17-11-18-20-15/h1,3-6,11,13H,7-10H2,(H,19,22)(H,17,18,20)/t13-/m1/s1. The van der Waals surface area contributed by atoms with Gasteiger partial charge in [0.05, 0.1) is 18.9 Å². The lowest BCUT2D eigenvalue weighted by atomic mass is 10.2. The SMILES string of the molecule is C#CCOc1ccccc1NC(=O)N1CCOC[C@@H]1c1ncn[nH]1. The number of anilines is 1. The number of rotatable bonds is 4. The molecule has 24 heavy (non-hydrogen) atoms. The van der Waals surface area contributed by atoms with Gasteiger partial charge in [0.1, 0.15) is 30.5 Å². The van der Waals surface area contributed by atoms with Gasteiger partial charge in [0.25, 0.3) is 0 Å². The van der Waals surface area contributed by atoms with Crippen LogP contribution in [0.25, 0.3) is 0 Å². The molecule has 1 aromatic carbocycles. The Balaban J connectivity index is 1.75. The van der Waals surface area contributed by atoms with Gasteiger partial charge in [0.15, 0.2) is 0 Å². The molecule has 2 heterocycles. The van der Waals surface area contributed by atoms with Gasteiger partial charge >= 0.3 is 6.03 Å². The lowest BCUT2D eigenvalue weighted by Gasteiger charge is -2.34. The van der Waals surface area contributed by atoms with Gasteiger partial charge in [-0.2, -0.15) is 5.10 Å². The van der Waals surface area contributed by atoms with Crippen LogP contribution in [0.2, 0.25) is 0 Å². The quantitative estimate of drug-likeness (QED) is 0.829. The Kier molecular flexibility index (Phi) is 4.93. The number of aromatic amines is 1. The van der Waals surface area contributed by atoms with Gasteiger partial charge < -0.3 is 19.7 Å². The Labute approximate surface area is 139 Å². The van der Waals surface area contributed by atoms with Crippen LogP contribution in [0.5, 0.6) is 5.75 Å². The van der Waals surface area contributed by atoms with E-state index >= 15 is 0 Å². The fraction of sp³-hybridized carbons (Fsp3) is 0.312. The maximum absolute atomic E-state index is 12.7. The van der Waals surface area contributed by atoms with Crippen molar-refractivity contribution in [1.29, 1.82) is 0 Å². The number of aromatic nitrogens is 3. The summed E-state index contributed by atoms with van der Waals surface area (Å²) >= 11 is 0. The molecule has 1 atom stereocenters. The van der Waals surface area contributed by atoms with E-state index in [2.05, 4.69) is 26.4 Å². The molecule has 1 aliphatic heterocycles. The highest BCUT2D eigenvalue weighted by atomic mass is 16.5. The van der Waals surface area contributed by atoms with Gasteiger partial charge in [-0.3, -0.25) is 5.10 Å². The molecule has 8 heteroatoms. The van der Waals surface area contributed by atoms with Crippen molar-refractivity contribution in [2.24, 2.45) is 0 Å². The second kappa shape index (κ2) is 7.48. The first-order chi connectivity index (χ1) is 11.8. The smallest absolute Gasteiger partial charge is 0.322 e. The van der Waals surface area contributed by atoms with Crippen molar-refractivity contribution < 1.29 is 14.3 Å². The second-order valence-corrected chi connectivity index (χ2v) is 5.07. The van der Waals surface area contributed by atoms with Gasteiger partial charge in [-0.05, 0) is 12.1 Å². The van der Waals surface area contributed by atoms with Crippen LogP contribution in [0.15, 0.2) is 30.6 Å². The van der Waals surface area contributed by atoms with E-state index in [9.17, 15) is 4.79 Å². The molecular formula is C16H17N5O3. The highest BCUT2D eigenvalue weighted by Gasteiger charge is 2.31. The summed E-state index contributed by atoms with van der Waals surface area (Å²) in [5.74, 6) is 3.51. The molecule has 2 amide bonds. The zero-order valence-corrected chi connectivity index (χ0v) is 12.9. The van der Waals surface area contributed by atoms with Crippen LogP contribution >= 0.6 is 0 Å². The number of carbonyl (C=O) groups excluding carboxylic acids is 1. The summed E-state index contributed by atoms with van der Waals surface area (Å²) < 4.78 is 10.9. The number of nitrogens with zero attached hydrogens (tertiary/aromatic N) is 3. The third-order valence-electron chi connectivity index (χ3n) is 3.58. The Morgan fingerprint density at radius 1 is 1.54 bits per heavy atom. The van der Waals surface area contributed by atoms with E-state index in [-0.39, 0.29) is 18.7 Å². The minimum Gasteiger partial charge on any atom is -0.479 e. The van der Waals surface area contributed by atoms with Gasteiger partial charge in [-0.1, -0.05) is 18.1 Å². The molecule has 124 valence electrons. The third-order valence-corrected chi connectivity index (χ3v) is 3.58. The zero-order chi connectivity index (χ0) is 16.8. The van der Waals surface area contributed by atoms with Gasteiger partial charge in [-0.25, -0.2) is 9.78 Å². The number of ether oxygens (including phenoxy) is 2. The molecule has 0 aliphatic carbocycles. The number of hydrogen-bond acceptors (Lipinski definition) is 5. The fourth-order valence-electron chi connectivity index (χ4n) is 2.45. The zero-order valence-electron chi connectivity index (χ0n) is 12.9. The molecule has 8 nitrogen and oxygen atoms in total. The summed E-state index contributed by atoms with van der Waals surface area (Å²) in [5, 5.41) is 9.48. The lowest BCUT2D eigenvalue weighted by molar-refractivity contribution is 0.0118. The maximum atomic E-state index is 12.7.